The summed E-state index contributed by atoms with van der Waals surface area (Å²) >= 11 is 0. The van der Waals surface area contributed by atoms with Gasteiger partial charge in [-0.1, -0.05) is 13.3 Å². The van der Waals surface area contributed by atoms with Crippen LogP contribution < -0.4 is 10.5 Å². The molecule has 0 bridgehead atoms. The van der Waals surface area contributed by atoms with E-state index in [9.17, 15) is 8.42 Å². The van der Waals surface area contributed by atoms with E-state index in [-0.39, 0.29) is 16.9 Å². The van der Waals surface area contributed by atoms with Gasteiger partial charge in [0, 0.05) is 18.7 Å². The van der Waals surface area contributed by atoms with E-state index in [4.69, 9.17) is 10.2 Å². The first-order chi connectivity index (χ1) is 9.35. The lowest BCUT2D eigenvalue weighted by Gasteiger charge is -2.41. The fraction of sp³-hybridized carbons (Fsp3) is 0.714. The summed E-state index contributed by atoms with van der Waals surface area (Å²) in [6, 6.07) is 0. The summed E-state index contributed by atoms with van der Waals surface area (Å²) in [6.45, 7) is 6.19. The number of sulfonamides is 1. The van der Waals surface area contributed by atoms with Gasteiger partial charge in [-0.2, -0.15) is 0 Å². The average Bonchev–Trinajstić information content (AvgIpc) is 2.63. The van der Waals surface area contributed by atoms with E-state index in [1.54, 1.807) is 13.8 Å². The highest BCUT2D eigenvalue weighted by atomic mass is 32.2. The van der Waals surface area contributed by atoms with Crippen molar-refractivity contribution in [3.8, 4) is 0 Å². The molecule has 2 rings (SSSR count). The van der Waals surface area contributed by atoms with E-state index >= 15 is 0 Å². The highest BCUT2D eigenvalue weighted by Gasteiger charge is 2.37. The van der Waals surface area contributed by atoms with Crippen LogP contribution in [0.2, 0.25) is 0 Å². The van der Waals surface area contributed by atoms with E-state index in [0.29, 0.717) is 23.6 Å². The van der Waals surface area contributed by atoms with Gasteiger partial charge in [0.05, 0.1) is 0 Å². The third-order valence-corrected chi connectivity index (χ3v) is 6.19. The van der Waals surface area contributed by atoms with Crippen molar-refractivity contribution in [3.05, 3.63) is 17.1 Å². The lowest BCUT2D eigenvalue weighted by atomic mass is 9.67. The highest BCUT2D eigenvalue weighted by molar-refractivity contribution is 7.89. The van der Waals surface area contributed by atoms with Gasteiger partial charge in [-0.05, 0) is 38.5 Å². The van der Waals surface area contributed by atoms with Gasteiger partial charge in [0.15, 0.2) is 0 Å². The van der Waals surface area contributed by atoms with E-state index < -0.39 is 10.0 Å². The van der Waals surface area contributed by atoms with Gasteiger partial charge in [0.25, 0.3) is 0 Å². The summed E-state index contributed by atoms with van der Waals surface area (Å²) in [5.41, 5.74) is 6.37. The molecule has 0 unspecified atom stereocenters. The Labute approximate surface area is 121 Å². The van der Waals surface area contributed by atoms with Gasteiger partial charge >= 0.3 is 0 Å². The standard InChI is InChI=1S/C14H24N2O3S/c1-4-14(6-5-7-14)9-16-20(17,18)13-11(3)19-10(2)12(13)8-15/h16H,4-9,15H2,1-3H3. The van der Waals surface area contributed by atoms with Crippen molar-refractivity contribution < 1.29 is 12.8 Å². The average molecular weight is 300 g/mol. The van der Waals surface area contributed by atoms with Crippen LogP contribution in [0.15, 0.2) is 9.31 Å². The summed E-state index contributed by atoms with van der Waals surface area (Å²) in [4.78, 5) is 0.225. The Morgan fingerprint density at radius 2 is 1.95 bits per heavy atom. The first kappa shape index (κ1) is 15.5. The second-order valence-electron chi connectivity index (χ2n) is 5.76. The number of hydrogen-bond acceptors (Lipinski definition) is 4. The molecule has 0 spiro atoms. The first-order valence-corrected chi connectivity index (χ1v) is 8.62. The number of hydrogen-bond donors (Lipinski definition) is 2. The zero-order chi connectivity index (χ0) is 15.0. The zero-order valence-corrected chi connectivity index (χ0v) is 13.3. The van der Waals surface area contributed by atoms with Crippen molar-refractivity contribution in [2.45, 2.75) is 57.9 Å². The van der Waals surface area contributed by atoms with Gasteiger partial charge in [0.2, 0.25) is 10.0 Å². The van der Waals surface area contributed by atoms with Crippen LogP contribution in [0, 0.1) is 19.3 Å². The van der Waals surface area contributed by atoms with Crippen LogP contribution in [-0.2, 0) is 16.6 Å². The maximum Gasteiger partial charge on any atom is 0.244 e. The molecule has 0 aromatic carbocycles. The molecule has 1 saturated carbocycles. The Kier molecular flexibility index (Phi) is 4.27. The van der Waals surface area contributed by atoms with Crippen molar-refractivity contribution in [3.63, 3.8) is 0 Å². The Morgan fingerprint density at radius 1 is 1.30 bits per heavy atom. The third-order valence-electron chi connectivity index (χ3n) is 4.60. The van der Waals surface area contributed by atoms with Gasteiger partial charge in [0.1, 0.15) is 16.4 Å². The third kappa shape index (κ3) is 2.64. The molecule has 3 N–H and O–H groups in total. The molecule has 0 aliphatic heterocycles. The molecular weight excluding hydrogens is 276 g/mol. The molecule has 1 aromatic rings. The molecule has 0 saturated heterocycles. The fourth-order valence-electron chi connectivity index (χ4n) is 2.95. The van der Waals surface area contributed by atoms with E-state index in [0.717, 1.165) is 19.3 Å². The normalized spacial score (nSPS) is 18.0. The van der Waals surface area contributed by atoms with Crippen LogP contribution in [-0.4, -0.2) is 15.0 Å². The molecule has 0 amide bonds. The van der Waals surface area contributed by atoms with Crippen LogP contribution in [0.3, 0.4) is 0 Å². The molecule has 1 aromatic heterocycles. The Hall–Kier alpha value is -0.850. The van der Waals surface area contributed by atoms with E-state index in [2.05, 4.69) is 11.6 Å². The Balaban J connectivity index is 2.23. The zero-order valence-electron chi connectivity index (χ0n) is 12.5. The van der Waals surface area contributed by atoms with Crippen molar-refractivity contribution in [1.29, 1.82) is 0 Å². The molecule has 1 aliphatic carbocycles. The van der Waals surface area contributed by atoms with Crippen LogP contribution in [0.1, 0.15) is 49.7 Å². The van der Waals surface area contributed by atoms with Gasteiger partial charge in [-0.25, -0.2) is 13.1 Å². The topological polar surface area (TPSA) is 85.3 Å². The lowest BCUT2D eigenvalue weighted by molar-refractivity contribution is 0.133. The smallest absolute Gasteiger partial charge is 0.244 e. The minimum absolute atomic E-state index is 0.142. The Bertz CT molecular complexity index is 580. The van der Waals surface area contributed by atoms with Crippen LogP contribution in [0.25, 0.3) is 0 Å². The summed E-state index contributed by atoms with van der Waals surface area (Å²) in [6.07, 6.45) is 4.38. The van der Waals surface area contributed by atoms with Gasteiger partial charge in [-0.3, -0.25) is 0 Å². The van der Waals surface area contributed by atoms with Crippen molar-refractivity contribution >= 4 is 10.0 Å². The maximum absolute atomic E-state index is 12.5. The monoisotopic (exact) mass is 300 g/mol. The molecule has 20 heavy (non-hydrogen) atoms. The predicted octanol–water partition coefficient (Wildman–Crippen LogP) is 2.21. The van der Waals surface area contributed by atoms with Crippen molar-refractivity contribution in [2.75, 3.05) is 6.54 Å². The quantitative estimate of drug-likeness (QED) is 0.843. The fourth-order valence-corrected chi connectivity index (χ4v) is 4.56. The number of rotatable bonds is 6. The van der Waals surface area contributed by atoms with Crippen LogP contribution in [0.4, 0.5) is 0 Å². The SMILES string of the molecule is CCC1(CNS(=O)(=O)c2c(C)oc(C)c2CN)CCC1. The van der Waals surface area contributed by atoms with Crippen LogP contribution in [0.5, 0.6) is 0 Å². The van der Waals surface area contributed by atoms with E-state index in [1.807, 2.05) is 0 Å². The van der Waals surface area contributed by atoms with Crippen molar-refractivity contribution in [1.82, 2.24) is 4.72 Å². The minimum Gasteiger partial charge on any atom is -0.465 e. The molecule has 1 fully saturated rings. The molecule has 114 valence electrons. The van der Waals surface area contributed by atoms with Gasteiger partial charge < -0.3 is 10.2 Å². The molecule has 0 atom stereocenters. The van der Waals surface area contributed by atoms with Crippen LogP contribution >= 0.6 is 0 Å². The largest absolute Gasteiger partial charge is 0.465 e. The Morgan fingerprint density at radius 3 is 2.40 bits per heavy atom. The minimum atomic E-state index is -3.56. The van der Waals surface area contributed by atoms with Gasteiger partial charge in [-0.15, -0.1) is 0 Å². The number of nitrogens with one attached hydrogen (secondary N) is 1. The predicted molar refractivity (Wildman–Crippen MR) is 77.8 cm³/mol. The summed E-state index contributed by atoms with van der Waals surface area (Å²) in [5.74, 6) is 0.994. The molecule has 1 heterocycles. The van der Waals surface area contributed by atoms with Crippen molar-refractivity contribution in [2.24, 2.45) is 11.1 Å². The lowest BCUT2D eigenvalue weighted by Crippen LogP contribution is -2.41. The summed E-state index contributed by atoms with van der Waals surface area (Å²) in [7, 11) is -3.56. The number of furan rings is 1. The van der Waals surface area contributed by atoms with E-state index in [1.165, 1.54) is 6.42 Å². The number of aryl methyl sites for hydroxylation is 2. The second kappa shape index (κ2) is 5.50. The maximum atomic E-state index is 12.5. The molecular formula is C14H24N2O3S. The second-order valence-corrected chi connectivity index (χ2v) is 7.46. The summed E-state index contributed by atoms with van der Waals surface area (Å²) < 4.78 is 33.2. The molecule has 6 heteroatoms. The molecule has 1 aliphatic rings. The first-order valence-electron chi connectivity index (χ1n) is 7.14. The molecule has 5 nitrogen and oxygen atoms in total. The summed E-state index contributed by atoms with van der Waals surface area (Å²) in [5, 5.41) is 0. The number of nitrogens with two attached hydrogens (primary N) is 1. The molecule has 0 radical (unpaired) electrons. The highest BCUT2D eigenvalue weighted by Crippen LogP contribution is 2.43.